The molecule has 1 atom stereocenters. The van der Waals surface area contributed by atoms with Gasteiger partial charge < -0.3 is 5.32 Å². The van der Waals surface area contributed by atoms with Gasteiger partial charge in [0.15, 0.2) is 0 Å². The average molecular weight is 381 g/mol. The molecule has 1 aliphatic heterocycles. The summed E-state index contributed by atoms with van der Waals surface area (Å²) in [6.07, 6.45) is 0. The Hall–Kier alpha value is -3.91. The number of amides is 3. The summed E-state index contributed by atoms with van der Waals surface area (Å²) in [5.41, 5.74) is 3.07. The lowest BCUT2D eigenvalue weighted by atomic mass is 9.91. The molecule has 0 radical (unpaired) electrons. The van der Waals surface area contributed by atoms with Gasteiger partial charge in [0.1, 0.15) is 5.54 Å². The molecule has 1 saturated heterocycles. The average Bonchev–Trinajstić information content (AvgIpc) is 2.99. The van der Waals surface area contributed by atoms with Crippen molar-refractivity contribution in [2.45, 2.75) is 19.0 Å². The molecule has 3 aromatic rings. The maximum Gasteiger partial charge on any atom is 0.325 e. The number of nitriles is 1. The molecule has 0 bridgehead atoms. The highest BCUT2D eigenvalue weighted by Crippen LogP contribution is 2.30. The summed E-state index contributed by atoms with van der Waals surface area (Å²) in [7, 11) is 0. The molecule has 0 saturated carbocycles. The third-order valence-corrected chi connectivity index (χ3v) is 5.27. The third-order valence-electron chi connectivity index (χ3n) is 5.27. The summed E-state index contributed by atoms with van der Waals surface area (Å²) in [6, 6.07) is 26.2. The first kappa shape index (κ1) is 18.5. The van der Waals surface area contributed by atoms with Gasteiger partial charge in [0.2, 0.25) is 0 Å². The van der Waals surface area contributed by atoms with E-state index < -0.39 is 11.6 Å². The van der Waals surface area contributed by atoms with E-state index in [1.807, 2.05) is 54.6 Å². The lowest BCUT2D eigenvalue weighted by Gasteiger charge is -2.22. The minimum Gasteiger partial charge on any atom is -0.319 e. The largest absolute Gasteiger partial charge is 0.325 e. The Morgan fingerprint density at radius 1 is 0.897 bits per heavy atom. The third kappa shape index (κ3) is 3.37. The van der Waals surface area contributed by atoms with Gasteiger partial charge in [-0.15, -0.1) is 0 Å². The first-order valence-corrected chi connectivity index (χ1v) is 9.30. The predicted molar refractivity (Wildman–Crippen MR) is 109 cm³/mol. The maximum atomic E-state index is 13.1. The van der Waals surface area contributed by atoms with Crippen LogP contribution in [0.1, 0.15) is 23.6 Å². The van der Waals surface area contributed by atoms with Gasteiger partial charge in [-0.25, -0.2) is 4.79 Å². The van der Waals surface area contributed by atoms with Gasteiger partial charge >= 0.3 is 6.03 Å². The van der Waals surface area contributed by atoms with E-state index in [2.05, 4.69) is 11.4 Å². The number of rotatable bonds is 4. The number of carbonyl (C=O) groups excluding carboxylic acids is 2. The Balaban J connectivity index is 1.54. The van der Waals surface area contributed by atoms with Crippen LogP contribution in [0.4, 0.5) is 4.79 Å². The first-order chi connectivity index (χ1) is 14.0. The number of imide groups is 1. The minimum atomic E-state index is -1.14. The number of hydrogen-bond acceptors (Lipinski definition) is 3. The van der Waals surface area contributed by atoms with E-state index in [1.54, 1.807) is 31.2 Å². The number of nitrogens with zero attached hydrogens (tertiary/aromatic N) is 2. The van der Waals surface area contributed by atoms with Crippen LogP contribution in [-0.4, -0.2) is 16.8 Å². The molecule has 29 heavy (non-hydrogen) atoms. The molecule has 0 aromatic heterocycles. The summed E-state index contributed by atoms with van der Waals surface area (Å²) < 4.78 is 0. The highest BCUT2D eigenvalue weighted by Gasteiger charge is 2.48. The molecule has 1 fully saturated rings. The molecule has 3 amide bonds. The molecule has 1 aliphatic rings. The number of benzene rings is 3. The maximum absolute atomic E-state index is 13.1. The van der Waals surface area contributed by atoms with Crippen molar-refractivity contribution in [3.05, 3.63) is 95.6 Å². The van der Waals surface area contributed by atoms with Gasteiger partial charge in [0.25, 0.3) is 5.91 Å². The van der Waals surface area contributed by atoms with Gasteiger partial charge in [0, 0.05) is 0 Å². The number of urea groups is 1. The molecule has 142 valence electrons. The molecule has 4 rings (SSSR count). The fraction of sp³-hybridized carbons (Fsp3) is 0.125. The van der Waals surface area contributed by atoms with Crippen LogP contribution >= 0.6 is 0 Å². The first-order valence-electron chi connectivity index (χ1n) is 9.30. The van der Waals surface area contributed by atoms with E-state index in [-0.39, 0.29) is 12.5 Å². The van der Waals surface area contributed by atoms with Crippen molar-refractivity contribution < 1.29 is 9.59 Å². The quantitative estimate of drug-likeness (QED) is 0.689. The topological polar surface area (TPSA) is 73.2 Å². The molecule has 0 spiro atoms. The Labute approximate surface area is 169 Å². The molecule has 1 unspecified atom stereocenters. The Kier molecular flexibility index (Phi) is 4.61. The van der Waals surface area contributed by atoms with E-state index in [4.69, 9.17) is 5.26 Å². The number of hydrogen-bond donors (Lipinski definition) is 1. The Morgan fingerprint density at radius 2 is 1.52 bits per heavy atom. The van der Waals surface area contributed by atoms with Crippen molar-refractivity contribution in [2.24, 2.45) is 0 Å². The smallest absolute Gasteiger partial charge is 0.319 e. The number of carbonyl (C=O) groups is 2. The molecule has 0 aliphatic carbocycles. The summed E-state index contributed by atoms with van der Waals surface area (Å²) >= 11 is 0. The van der Waals surface area contributed by atoms with E-state index in [0.717, 1.165) is 16.7 Å². The predicted octanol–water partition coefficient (Wildman–Crippen LogP) is 4.19. The van der Waals surface area contributed by atoms with Gasteiger partial charge in [0.05, 0.1) is 18.2 Å². The van der Waals surface area contributed by atoms with Crippen molar-refractivity contribution in [3.63, 3.8) is 0 Å². The summed E-state index contributed by atoms with van der Waals surface area (Å²) in [4.78, 5) is 26.8. The SMILES string of the molecule is CC1(c2ccc(C#N)cc2)NC(=O)N(Cc2ccc(-c3ccccc3)cc2)C1=O. The molecular formula is C24H19N3O2. The molecular weight excluding hydrogens is 362 g/mol. The normalized spacial score (nSPS) is 18.4. The van der Waals surface area contributed by atoms with E-state index >= 15 is 0 Å². The van der Waals surface area contributed by atoms with Crippen molar-refractivity contribution in [3.8, 4) is 17.2 Å². The highest BCUT2D eigenvalue weighted by atomic mass is 16.2. The fourth-order valence-corrected chi connectivity index (χ4v) is 3.53. The second-order valence-corrected chi connectivity index (χ2v) is 7.20. The van der Waals surface area contributed by atoms with Gasteiger partial charge in [-0.05, 0) is 41.3 Å². The van der Waals surface area contributed by atoms with Crippen molar-refractivity contribution >= 4 is 11.9 Å². The number of nitrogens with one attached hydrogen (secondary N) is 1. The van der Waals surface area contributed by atoms with Crippen molar-refractivity contribution in [1.29, 1.82) is 5.26 Å². The van der Waals surface area contributed by atoms with Crippen molar-refractivity contribution in [1.82, 2.24) is 10.2 Å². The van der Waals surface area contributed by atoms with Crippen LogP contribution in [0.25, 0.3) is 11.1 Å². The monoisotopic (exact) mass is 381 g/mol. The van der Waals surface area contributed by atoms with Gasteiger partial charge in [-0.1, -0.05) is 66.7 Å². The van der Waals surface area contributed by atoms with Crippen LogP contribution in [0.15, 0.2) is 78.9 Å². The Morgan fingerprint density at radius 3 is 2.14 bits per heavy atom. The Bertz CT molecular complexity index is 1100. The molecule has 1 N–H and O–H groups in total. The van der Waals surface area contributed by atoms with E-state index in [0.29, 0.717) is 11.1 Å². The summed E-state index contributed by atoms with van der Waals surface area (Å²) in [5, 5.41) is 11.8. The zero-order valence-electron chi connectivity index (χ0n) is 15.9. The summed E-state index contributed by atoms with van der Waals surface area (Å²) in [5.74, 6) is -0.306. The van der Waals surface area contributed by atoms with Crippen LogP contribution in [-0.2, 0) is 16.9 Å². The lowest BCUT2D eigenvalue weighted by Crippen LogP contribution is -2.40. The molecule has 3 aromatic carbocycles. The van der Waals surface area contributed by atoms with E-state index in [9.17, 15) is 9.59 Å². The van der Waals surface area contributed by atoms with Crippen LogP contribution < -0.4 is 5.32 Å². The standard InChI is InChI=1S/C24H19N3O2/c1-24(21-13-9-17(15-25)10-14-21)22(28)27(23(29)26-24)16-18-7-11-20(12-8-18)19-5-3-2-4-6-19/h2-14H,16H2,1H3,(H,26,29). The highest BCUT2D eigenvalue weighted by molar-refractivity contribution is 6.07. The molecule has 1 heterocycles. The van der Waals surface area contributed by atoms with Crippen LogP contribution in [0.5, 0.6) is 0 Å². The van der Waals surface area contributed by atoms with Crippen molar-refractivity contribution in [2.75, 3.05) is 0 Å². The molecule has 5 heteroatoms. The van der Waals surface area contributed by atoms with Crippen LogP contribution in [0.2, 0.25) is 0 Å². The second kappa shape index (κ2) is 7.25. The van der Waals surface area contributed by atoms with Gasteiger partial charge in [-0.2, -0.15) is 5.26 Å². The molecule has 5 nitrogen and oxygen atoms in total. The summed E-state index contributed by atoms with van der Waals surface area (Å²) in [6.45, 7) is 1.89. The zero-order valence-corrected chi connectivity index (χ0v) is 15.9. The fourth-order valence-electron chi connectivity index (χ4n) is 3.53. The van der Waals surface area contributed by atoms with E-state index in [1.165, 1.54) is 4.90 Å². The van der Waals surface area contributed by atoms with Crippen LogP contribution in [0.3, 0.4) is 0 Å². The second-order valence-electron chi connectivity index (χ2n) is 7.20. The van der Waals surface area contributed by atoms with Gasteiger partial charge in [-0.3, -0.25) is 9.69 Å². The lowest BCUT2D eigenvalue weighted by molar-refractivity contribution is -0.131. The van der Waals surface area contributed by atoms with Crippen LogP contribution in [0, 0.1) is 11.3 Å². The minimum absolute atomic E-state index is 0.200. The zero-order chi connectivity index (χ0) is 20.4.